The summed E-state index contributed by atoms with van der Waals surface area (Å²) in [4.78, 5) is 23.8. The first-order valence-corrected chi connectivity index (χ1v) is 15.1. The summed E-state index contributed by atoms with van der Waals surface area (Å²) < 4.78 is 8.70. The zero-order valence-electron chi connectivity index (χ0n) is 26.1. The Bertz CT molecular complexity index is 2360. The summed E-state index contributed by atoms with van der Waals surface area (Å²) in [6.45, 7) is 4.28. The normalized spacial score (nSPS) is 11.6. The lowest BCUT2D eigenvalue weighted by Crippen LogP contribution is -2.21. The van der Waals surface area contributed by atoms with Crippen molar-refractivity contribution in [2.24, 2.45) is 7.05 Å². The van der Waals surface area contributed by atoms with E-state index in [0.717, 1.165) is 55.3 Å². The second-order valence-electron chi connectivity index (χ2n) is 12.0. The van der Waals surface area contributed by atoms with Crippen molar-refractivity contribution in [1.82, 2.24) is 19.1 Å². The van der Waals surface area contributed by atoms with Gasteiger partial charge in [-0.3, -0.25) is 14.1 Å². The number of methoxy groups -OCH3 is 1. The molecule has 3 aromatic heterocycles. The van der Waals surface area contributed by atoms with E-state index in [4.69, 9.17) is 9.72 Å². The number of nitriles is 1. The Kier molecular flexibility index (Phi) is 7.02. The van der Waals surface area contributed by atoms with Crippen LogP contribution in [0.3, 0.4) is 0 Å². The summed E-state index contributed by atoms with van der Waals surface area (Å²) in [6.07, 6.45) is 1.88. The molecule has 3 heterocycles. The van der Waals surface area contributed by atoms with Crippen molar-refractivity contribution < 1.29 is 4.74 Å². The highest BCUT2D eigenvalue weighted by Crippen LogP contribution is 2.34. The Balaban J connectivity index is 1.44. The van der Waals surface area contributed by atoms with E-state index in [1.807, 2.05) is 98.9 Å². The van der Waals surface area contributed by atoms with E-state index >= 15 is 0 Å². The minimum Gasteiger partial charge on any atom is -0.497 e. The molecule has 0 amide bonds. The number of pyridine rings is 2. The van der Waals surface area contributed by atoms with Crippen molar-refractivity contribution in [2.45, 2.75) is 25.8 Å². The molecule has 8 heteroatoms. The van der Waals surface area contributed by atoms with Crippen LogP contribution < -0.4 is 15.7 Å². The number of imidazole rings is 1. The van der Waals surface area contributed by atoms with Crippen molar-refractivity contribution >= 4 is 38.7 Å². The summed E-state index contributed by atoms with van der Waals surface area (Å²) in [5.74, 6) is 1.40. The maximum Gasteiger partial charge on any atom is 0.333 e. The van der Waals surface area contributed by atoms with E-state index in [2.05, 4.69) is 34.6 Å². The molecule has 0 spiro atoms. The highest BCUT2D eigenvalue weighted by atomic mass is 16.5. The maximum atomic E-state index is 14.1. The van der Waals surface area contributed by atoms with E-state index in [9.17, 15) is 10.1 Å². The molecule has 0 saturated heterocycles. The van der Waals surface area contributed by atoms with Crippen molar-refractivity contribution in [1.29, 1.82) is 5.26 Å². The molecular formula is C38H32N6O2. The molecule has 46 heavy (non-hydrogen) atoms. The minimum absolute atomic E-state index is 0.193. The van der Waals surface area contributed by atoms with Crippen LogP contribution in [0.4, 0.5) is 5.82 Å². The molecule has 0 saturated carbocycles. The lowest BCUT2D eigenvalue weighted by molar-refractivity contribution is 0.414. The molecule has 0 fully saturated rings. The Morgan fingerprint density at radius 2 is 1.65 bits per heavy atom. The molecule has 7 rings (SSSR count). The Morgan fingerprint density at radius 3 is 2.39 bits per heavy atom. The number of rotatable bonds is 7. The van der Waals surface area contributed by atoms with E-state index in [-0.39, 0.29) is 5.69 Å². The van der Waals surface area contributed by atoms with Gasteiger partial charge in [-0.25, -0.2) is 9.78 Å². The molecule has 4 aromatic carbocycles. The van der Waals surface area contributed by atoms with E-state index < -0.39 is 5.41 Å². The number of fused-ring (bicyclic) bond motifs is 4. The second kappa shape index (κ2) is 11.2. The summed E-state index contributed by atoms with van der Waals surface area (Å²) in [6, 6.07) is 34.2. The van der Waals surface area contributed by atoms with Gasteiger partial charge in [0.2, 0.25) is 0 Å². The smallest absolute Gasteiger partial charge is 0.333 e. The summed E-state index contributed by atoms with van der Waals surface area (Å²) in [5, 5.41) is 15.1. The molecule has 8 nitrogen and oxygen atoms in total. The van der Waals surface area contributed by atoms with Crippen LogP contribution >= 0.6 is 0 Å². The standard InChI is InChI=1S/C38H32N6O2/c1-38(2,23-39)28-12-14-29(15-13-28)44-34-31-20-25(27-19-26-7-5-6-8-32(26)40-22-27)11-18-33(31)42-36(35(34)43(3)37(44)45)41-21-24-9-16-30(46-4)17-10-24/h5-20,22H,21H2,1-4H3,(H,41,42). The van der Waals surface area contributed by atoms with Gasteiger partial charge in [-0.15, -0.1) is 0 Å². The van der Waals surface area contributed by atoms with Gasteiger partial charge in [-0.05, 0) is 79.1 Å². The molecule has 226 valence electrons. The Labute approximate surface area is 266 Å². The van der Waals surface area contributed by atoms with Gasteiger partial charge in [0.25, 0.3) is 0 Å². The minimum atomic E-state index is -0.653. The van der Waals surface area contributed by atoms with Crippen LogP contribution in [-0.2, 0) is 19.0 Å². The van der Waals surface area contributed by atoms with Gasteiger partial charge in [-0.2, -0.15) is 5.26 Å². The monoisotopic (exact) mass is 604 g/mol. The first-order valence-electron chi connectivity index (χ1n) is 15.1. The van der Waals surface area contributed by atoms with Crippen LogP contribution in [0.2, 0.25) is 0 Å². The third kappa shape index (κ3) is 4.92. The molecule has 0 aliphatic carbocycles. The van der Waals surface area contributed by atoms with Gasteiger partial charge in [0, 0.05) is 36.1 Å². The number of aromatic nitrogens is 4. The summed E-state index contributed by atoms with van der Waals surface area (Å²) >= 11 is 0. The molecule has 7 aromatic rings. The number of para-hydroxylation sites is 1. The summed E-state index contributed by atoms with van der Waals surface area (Å²) in [5.41, 5.74) is 6.87. The van der Waals surface area contributed by atoms with Crippen molar-refractivity contribution in [2.75, 3.05) is 12.4 Å². The van der Waals surface area contributed by atoms with Gasteiger partial charge in [0.15, 0.2) is 5.82 Å². The van der Waals surface area contributed by atoms with E-state index in [1.54, 1.807) is 23.3 Å². The molecule has 0 aliphatic rings. The second-order valence-corrected chi connectivity index (χ2v) is 12.0. The van der Waals surface area contributed by atoms with Gasteiger partial charge in [-0.1, -0.05) is 48.5 Å². The Hall–Kier alpha value is -5.94. The number of nitrogens with zero attached hydrogens (tertiary/aromatic N) is 5. The van der Waals surface area contributed by atoms with Crippen molar-refractivity contribution in [3.8, 4) is 28.6 Å². The summed E-state index contributed by atoms with van der Waals surface area (Å²) in [7, 11) is 3.42. The molecular weight excluding hydrogens is 572 g/mol. The number of nitrogens with one attached hydrogen (secondary N) is 1. The number of hydrogen-bond acceptors (Lipinski definition) is 6. The Morgan fingerprint density at radius 1 is 0.891 bits per heavy atom. The molecule has 0 aliphatic heterocycles. The number of aryl methyl sites for hydroxylation is 1. The quantitative estimate of drug-likeness (QED) is 0.202. The van der Waals surface area contributed by atoms with Crippen LogP contribution in [0.25, 0.3) is 49.7 Å². The zero-order valence-corrected chi connectivity index (χ0v) is 26.1. The van der Waals surface area contributed by atoms with E-state index in [1.165, 1.54) is 0 Å². The highest BCUT2D eigenvalue weighted by Gasteiger charge is 2.23. The SMILES string of the molecule is COc1ccc(CNc2nc3ccc(-c4cnc5ccccc5c4)cc3c3c2n(C)c(=O)n3-c2ccc(C(C)(C)C#N)cc2)cc1. The number of hydrogen-bond donors (Lipinski definition) is 1. The van der Waals surface area contributed by atoms with Crippen LogP contribution in [0, 0.1) is 11.3 Å². The molecule has 0 bridgehead atoms. The molecule has 0 unspecified atom stereocenters. The van der Waals surface area contributed by atoms with Crippen LogP contribution in [0.15, 0.2) is 108 Å². The fraction of sp³-hybridized carbons (Fsp3) is 0.158. The average Bonchev–Trinajstić information content (AvgIpc) is 3.37. The van der Waals surface area contributed by atoms with Crippen molar-refractivity contribution in [3.05, 3.63) is 125 Å². The lowest BCUT2D eigenvalue weighted by atomic mass is 9.86. The average molecular weight is 605 g/mol. The topological polar surface area (TPSA) is 97.8 Å². The molecule has 1 N–H and O–H groups in total. The maximum absolute atomic E-state index is 14.1. The zero-order chi connectivity index (χ0) is 32.0. The number of ether oxygens (including phenoxy) is 1. The lowest BCUT2D eigenvalue weighted by Gasteiger charge is -2.16. The van der Waals surface area contributed by atoms with Gasteiger partial charge in [0.05, 0.1) is 40.8 Å². The predicted octanol–water partition coefficient (Wildman–Crippen LogP) is 7.51. The fourth-order valence-corrected chi connectivity index (χ4v) is 5.91. The fourth-order valence-electron chi connectivity index (χ4n) is 5.91. The highest BCUT2D eigenvalue weighted by molar-refractivity contribution is 6.09. The largest absolute Gasteiger partial charge is 0.497 e. The third-order valence-electron chi connectivity index (χ3n) is 8.64. The first-order chi connectivity index (χ1) is 22.3. The van der Waals surface area contributed by atoms with Crippen molar-refractivity contribution in [3.63, 3.8) is 0 Å². The van der Waals surface area contributed by atoms with Crippen LogP contribution in [0.5, 0.6) is 5.75 Å². The van der Waals surface area contributed by atoms with Crippen LogP contribution in [0.1, 0.15) is 25.0 Å². The molecule has 0 atom stereocenters. The van der Waals surface area contributed by atoms with Gasteiger partial charge in [0.1, 0.15) is 11.3 Å². The number of benzene rings is 4. The van der Waals surface area contributed by atoms with Crippen LogP contribution in [-0.4, -0.2) is 26.2 Å². The van der Waals surface area contributed by atoms with Gasteiger partial charge < -0.3 is 10.1 Å². The van der Waals surface area contributed by atoms with E-state index in [0.29, 0.717) is 23.6 Å². The predicted molar refractivity (Wildman–Crippen MR) is 184 cm³/mol. The third-order valence-corrected chi connectivity index (χ3v) is 8.64. The molecule has 0 radical (unpaired) electrons. The first kappa shape index (κ1) is 28.8. The number of anilines is 1. The van der Waals surface area contributed by atoms with Gasteiger partial charge >= 0.3 is 5.69 Å².